The lowest BCUT2D eigenvalue weighted by molar-refractivity contribution is -0.140. The molecule has 152 valence electrons. The first-order valence-electron chi connectivity index (χ1n) is 10.5. The summed E-state index contributed by atoms with van der Waals surface area (Å²) in [6.07, 6.45) is 10.6. The van der Waals surface area contributed by atoms with Crippen LogP contribution in [-0.4, -0.2) is 35.1 Å². The Bertz CT molecular complexity index is 780. The summed E-state index contributed by atoms with van der Waals surface area (Å²) in [6, 6.07) is 7.80. The van der Waals surface area contributed by atoms with Crippen molar-refractivity contribution in [3.05, 3.63) is 30.6 Å². The second kappa shape index (κ2) is 10.2. The van der Waals surface area contributed by atoms with Gasteiger partial charge in [0.2, 0.25) is 5.91 Å². The first-order valence-corrected chi connectivity index (χ1v) is 10.5. The molecule has 1 heterocycles. The van der Waals surface area contributed by atoms with E-state index in [1.165, 1.54) is 26.4 Å². The number of amides is 1. The Kier molecular flexibility index (Phi) is 7.46. The molecule has 2 aromatic rings. The van der Waals surface area contributed by atoms with Crippen LogP contribution >= 0.6 is 0 Å². The van der Waals surface area contributed by atoms with Crippen molar-refractivity contribution in [3.63, 3.8) is 0 Å². The SMILES string of the molecule is COC(=O)CCCCCNC(=O)C(C1CCCCC1)n1cnc2ccccc21. The number of rotatable bonds is 9. The van der Waals surface area contributed by atoms with Crippen LogP contribution in [0.5, 0.6) is 0 Å². The minimum absolute atomic E-state index is 0.0861. The number of nitrogens with one attached hydrogen (secondary N) is 1. The van der Waals surface area contributed by atoms with Crippen LogP contribution in [0.4, 0.5) is 0 Å². The van der Waals surface area contributed by atoms with E-state index >= 15 is 0 Å². The van der Waals surface area contributed by atoms with Gasteiger partial charge in [-0.1, -0.05) is 37.8 Å². The zero-order valence-electron chi connectivity index (χ0n) is 16.7. The summed E-state index contributed by atoms with van der Waals surface area (Å²) >= 11 is 0. The zero-order valence-corrected chi connectivity index (χ0v) is 16.7. The Hall–Kier alpha value is -2.37. The molecule has 1 atom stereocenters. The van der Waals surface area contributed by atoms with Crippen molar-refractivity contribution >= 4 is 22.9 Å². The molecule has 0 saturated heterocycles. The van der Waals surface area contributed by atoms with Crippen molar-refractivity contribution < 1.29 is 14.3 Å². The predicted octanol–water partition coefficient (Wildman–Crippen LogP) is 4.01. The lowest BCUT2D eigenvalue weighted by atomic mass is 9.83. The first kappa shape index (κ1) is 20.4. The van der Waals surface area contributed by atoms with Crippen LogP contribution in [0.2, 0.25) is 0 Å². The van der Waals surface area contributed by atoms with Gasteiger partial charge in [0.25, 0.3) is 0 Å². The molecular weight excluding hydrogens is 354 g/mol. The molecule has 1 aromatic carbocycles. The maximum absolute atomic E-state index is 13.1. The molecule has 0 spiro atoms. The van der Waals surface area contributed by atoms with Crippen LogP contribution < -0.4 is 5.32 Å². The van der Waals surface area contributed by atoms with Gasteiger partial charge in [-0.2, -0.15) is 0 Å². The van der Waals surface area contributed by atoms with Crippen molar-refractivity contribution in [2.75, 3.05) is 13.7 Å². The van der Waals surface area contributed by atoms with Crippen molar-refractivity contribution in [2.45, 2.75) is 63.8 Å². The summed E-state index contributed by atoms with van der Waals surface area (Å²) in [4.78, 5) is 28.8. The Labute approximate surface area is 166 Å². The number of carbonyl (C=O) groups is 2. The zero-order chi connectivity index (χ0) is 19.8. The molecule has 0 radical (unpaired) electrons. The fraction of sp³-hybridized carbons (Fsp3) is 0.591. The second-order valence-corrected chi connectivity index (χ2v) is 7.66. The number of esters is 1. The van der Waals surface area contributed by atoms with Gasteiger partial charge in [-0.25, -0.2) is 4.98 Å². The number of hydrogen-bond acceptors (Lipinski definition) is 4. The molecule has 28 heavy (non-hydrogen) atoms. The highest BCUT2D eigenvalue weighted by Gasteiger charge is 2.31. The number of methoxy groups -OCH3 is 1. The van der Waals surface area contributed by atoms with Gasteiger partial charge in [-0.05, 0) is 43.7 Å². The van der Waals surface area contributed by atoms with Crippen molar-refractivity contribution in [2.24, 2.45) is 5.92 Å². The van der Waals surface area contributed by atoms with Crippen LogP contribution in [0.3, 0.4) is 0 Å². The van der Waals surface area contributed by atoms with Crippen LogP contribution in [0.1, 0.15) is 63.8 Å². The lowest BCUT2D eigenvalue weighted by Gasteiger charge is -2.30. The van der Waals surface area contributed by atoms with Gasteiger partial charge in [-0.15, -0.1) is 0 Å². The van der Waals surface area contributed by atoms with E-state index in [9.17, 15) is 9.59 Å². The van der Waals surface area contributed by atoms with E-state index in [0.717, 1.165) is 43.1 Å². The standard InChI is InChI=1S/C22H31N3O3/c1-28-20(26)14-6-3-9-15-23-22(27)21(17-10-4-2-5-11-17)25-16-24-18-12-7-8-13-19(18)25/h7-8,12-13,16-17,21H,2-6,9-11,14-15H2,1H3,(H,23,27). The number of imidazole rings is 1. The average Bonchev–Trinajstić information content (AvgIpc) is 3.15. The number of para-hydroxylation sites is 2. The van der Waals surface area contributed by atoms with E-state index in [2.05, 4.69) is 19.6 Å². The quantitative estimate of drug-likeness (QED) is 0.523. The molecule has 0 bridgehead atoms. The van der Waals surface area contributed by atoms with E-state index < -0.39 is 0 Å². The Balaban J connectivity index is 1.62. The average molecular weight is 386 g/mol. The number of benzene rings is 1. The molecule has 0 aliphatic heterocycles. The highest BCUT2D eigenvalue weighted by molar-refractivity contribution is 5.84. The maximum Gasteiger partial charge on any atom is 0.305 e. The number of carbonyl (C=O) groups excluding carboxylic acids is 2. The number of nitrogens with zero attached hydrogens (tertiary/aromatic N) is 2. The van der Waals surface area contributed by atoms with Gasteiger partial charge in [0.05, 0.1) is 24.5 Å². The van der Waals surface area contributed by atoms with Crippen molar-refractivity contribution in [3.8, 4) is 0 Å². The number of ether oxygens (including phenoxy) is 1. The van der Waals surface area contributed by atoms with E-state index in [1.807, 2.05) is 30.6 Å². The van der Waals surface area contributed by atoms with E-state index in [4.69, 9.17) is 0 Å². The van der Waals surface area contributed by atoms with Gasteiger partial charge >= 0.3 is 5.97 Å². The van der Waals surface area contributed by atoms with E-state index in [-0.39, 0.29) is 17.9 Å². The van der Waals surface area contributed by atoms with E-state index in [1.54, 1.807) is 0 Å². The summed E-state index contributed by atoms with van der Waals surface area (Å²) in [7, 11) is 1.41. The maximum atomic E-state index is 13.1. The van der Waals surface area contributed by atoms with Gasteiger partial charge in [0.1, 0.15) is 6.04 Å². The van der Waals surface area contributed by atoms with Gasteiger partial charge in [0, 0.05) is 13.0 Å². The Morgan fingerprint density at radius 1 is 1.18 bits per heavy atom. The summed E-state index contributed by atoms with van der Waals surface area (Å²) in [5, 5.41) is 3.13. The molecule has 1 aliphatic rings. The first-order chi connectivity index (χ1) is 13.7. The number of fused-ring (bicyclic) bond motifs is 1. The van der Waals surface area contributed by atoms with Gasteiger partial charge in [0.15, 0.2) is 0 Å². The molecule has 1 aliphatic carbocycles. The van der Waals surface area contributed by atoms with E-state index in [0.29, 0.717) is 18.9 Å². The third kappa shape index (κ3) is 5.12. The normalized spacial score (nSPS) is 16.0. The summed E-state index contributed by atoms with van der Waals surface area (Å²) in [6.45, 7) is 0.635. The van der Waals surface area contributed by atoms with Gasteiger partial charge in [-0.3, -0.25) is 9.59 Å². The summed E-state index contributed by atoms with van der Waals surface area (Å²) in [5.74, 6) is 0.266. The summed E-state index contributed by atoms with van der Waals surface area (Å²) in [5.41, 5.74) is 1.95. The highest BCUT2D eigenvalue weighted by atomic mass is 16.5. The molecule has 6 heteroatoms. The molecule has 1 amide bonds. The third-order valence-electron chi connectivity index (χ3n) is 5.73. The molecule has 6 nitrogen and oxygen atoms in total. The molecule has 1 unspecified atom stereocenters. The number of aromatic nitrogens is 2. The monoisotopic (exact) mass is 385 g/mol. The fourth-order valence-corrected chi connectivity index (χ4v) is 4.21. The largest absolute Gasteiger partial charge is 0.469 e. The third-order valence-corrected chi connectivity index (χ3v) is 5.73. The molecule has 1 saturated carbocycles. The molecule has 1 fully saturated rings. The lowest BCUT2D eigenvalue weighted by Crippen LogP contribution is -2.37. The number of hydrogen-bond donors (Lipinski definition) is 1. The van der Waals surface area contributed by atoms with Crippen molar-refractivity contribution in [1.82, 2.24) is 14.9 Å². The number of unbranched alkanes of at least 4 members (excludes halogenated alkanes) is 2. The molecule has 3 rings (SSSR count). The molecule has 1 N–H and O–H groups in total. The molecular formula is C22H31N3O3. The smallest absolute Gasteiger partial charge is 0.305 e. The fourth-order valence-electron chi connectivity index (χ4n) is 4.21. The molecule has 1 aromatic heterocycles. The minimum atomic E-state index is -0.206. The highest BCUT2D eigenvalue weighted by Crippen LogP contribution is 2.34. The van der Waals surface area contributed by atoms with Crippen LogP contribution in [0.15, 0.2) is 30.6 Å². The van der Waals surface area contributed by atoms with Crippen molar-refractivity contribution in [1.29, 1.82) is 0 Å². The topological polar surface area (TPSA) is 73.2 Å². The van der Waals surface area contributed by atoms with Gasteiger partial charge < -0.3 is 14.6 Å². The minimum Gasteiger partial charge on any atom is -0.469 e. The van der Waals surface area contributed by atoms with Crippen LogP contribution in [-0.2, 0) is 14.3 Å². The predicted molar refractivity (Wildman–Crippen MR) is 109 cm³/mol. The Morgan fingerprint density at radius 2 is 1.96 bits per heavy atom. The van der Waals surface area contributed by atoms with Crippen LogP contribution in [0.25, 0.3) is 11.0 Å². The summed E-state index contributed by atoms with van der Waals surface area (Å²) < 4.78 is 6.72. The van der Waals surface area contributed by atoms with Crippen LogP contribution in [0, 0.1) is 5.92 Å². The Morgan fingerprint density at radius 3 is 2.75 bits per heavy atom. The second-order valence-electron chi connectivity index (χ2n) is 7.66.